The van der Waals surface area contributed by atoms with Crippen LogP contribution in [0, 0.1) is 13.8 Å². The van der Waals surface area contributed by atoms with Gasteiger partial charge in [0, 0.05) is 38.8 Å². The van der Waals surface area contributed by atoms with E-state index in [2.05, 4.69) is 47.2 Å². The minimum atomic E-state index is 0.192. The van der Waals surface area contributed by atoms with Gasteiger partial charge in [0.15, 0.2) is 0 Å². The van der Waals surface area contributed by atoms with Crippen molar-refractivity contribution in [2.24, 2.45) is 0 Å². The molecule has 2 fully saturated rings. The van der Waals surface area contributed by atoms with Crippen LogP contribution in [0.4, 0.5) is 0 Å². The third kappa shape index (κ3) is 6.01. The second-order valence-corrected chi connectivity index (χ2v) is 7.43. The van der Waals surface area contributed by atoms with Gasteiger partial charge in [0.05, 0.1) is 13.2 Å². The first-order valence-electron chi connectivity index (χ1n) is 9.54. The third-order valence-corrected chi connectivity index (χ3v) is 4.99. The Kier molecular flexibility index (Phi) is 6.32. The van der Waals surface area contributed by atoms with Crippen molar-refractivity contribution in [3.63, 3.8) is 0 Å². The molecule has 138 valence electrons. The van der Waals surface area contributed by atoms with Crippen LogP contribution in [-0.2, 0) is 4.79 Å². The normalized spacial score (nSPS) is 19.0. The van der Waals surface area contributed by atoms with Crippen molar-refractivity contribution in [2.75, 3.05) is 45.9 Å². The molecule has 5 nitrogen and oxygen atoms in total. The molecule has 1 aliphatic carbocycles. The fourth-order valence-electron chi connectivity index (χ4n) is 3.21. The Labute approximate surface area is 151 Å². The van der Waals surface area contributed by atoms with E-state index in [9.17, 15) is 4.79 Å². The average Bonchev–Trinajstić information content (AvgIpc) is 3.40. The predicted octanol–water partition coefficient (Wildman–Crippen LogP) is 1.97. The summed E-state index contributed by atoms with van der Waals surface area (Å²) >= 11 is 0. The lowest BCUT2D eigenvalue weighted by Gasteiger charge is -2.34. The van der Waals surface area contributed by atoms with E-state index in [1.54, 1.807) is 0 Å². The van der Waals surface area contributed by atoms with Crippen molar-refractivity contribution in [3.8, 4) is 5.75 Å². The zero-order chi connectivity index (χ0) is 17.6. The smallest absolute Gasteiger partial charge is 0.234 e. The van der Waals surface area contributed by atoms with Gasteiger partial charge in [-0.3, -0.25) is 9.69 Å². The highest BCUT2D eigenvalue weighted by atomic mass is 16.5. The van der Waals surface area contributed by atoms with Gasteiger partial charge in [-0.15, -0.1) is 0 Å². The van der Waals surface area contributed by atoms with Crippen LogP contribution in [-0.4, -0.2) is 67.6 Å². The van der Waals surface area contributed by atoms with Crippen LogP contribution >= 0.6 is 0 Å². The Morgan fingerprint density at radius 1 is 1.16 bits per heavy atom. The first-order chi connectivity index (χ1) is 12.1. The van der Waals surface area contributed by atoms with Crippen LogP contribution < -0.4 is 10.1 Å². The quantitative estimate of drug-likeness (QED) is 0.732. The average molecular weight is 345 g/mol. The number of rotatable bonds is 8. The Morgan fingerprint density at radius 2 is 1.88 bits per heavy atom. The number of ether oxygens (including phenoxy) is 1. The number of amides is 1. The van der Waals surface area contributed by atoms with Crippen LogP contribution in [0.3, 0.4) is 0 Å². The molecule has 1 heterocycles. The van der Waals surface area contributed by atoms with E-state index in [4.69, 9.17) is 4.74 Å². The topological polar surface area (TPSA) is 44.8 Å². The summed E-state index contributed by atoms with van der Waals surface area (Å²) in [5, 5.41) is 3.07. The molecule has 1 aromatic rings. The number of carbonyl (C=O) groups is 1. The number of hydrogen-bond donors (Lipinski definition) is 1. The largest absolute Gasteiger partial charge is 0.493 e. The van der Waals surface area contributed by atoms with Gasteiger partial charge in [-0.1, -0.05) is 12.1 Å². The lowest BCUT2D eigenvalue weighted by molar-refractivity contribution is -0.122. The molecular formula is C20H31N3O2. The van der Waals surface area contributed by atoms with Crippen molar-refractivity contribution >= 4 is 5.91 Å². The maximum absolute atomic E-state index is 11.9. The van der Waals surface area contributed by atoms with Crippen LogP contribution in [0.25, 0.3) is 0 Å². The summed E-state index contributed by atoms with van der Waals surface area (Å²) < 4.78 is 5.94. The van der Waals surface area contributed by atoms with Gasteiger partial charge >= 0.3 is 0 Å². The van der Waals surface area contributed by atoms with Gasteiger partial charge in [-0.25, -0.2) is 0 Å². The maximum Gasteiger partial charge on any atom is 0.234 e. The van der Waals surface area contributed by atoms with Gasteiger partial charge < -0.3 is 15.0 Å². The fourth-order valence-corrected chi connectivity index (χ4v) is 3.21. The van der Waals surface area contributed by atoms with Gasteiger partial charge in [0.2, 0.25) is 5.91 Å². The Balaban J connectivity index is 1.28. The van der Waals surface area contributed by atoms with Crippen molar-refractivity contribution < 1.29 is 9.53 Å². The summed E-state index contributed by atoms with van der Waals surface area (Å²) in [6, 6.07) is 6.81. The van der Waals surface area contributed by atoms with Gasteiger partial charge in [-0.05, 0) is 50.3 Å². The summed E-state index contributed by atoms with van der Waals surface area (Å²) in [6.45, 7) is 10.6. The van der Waals surface area contributed by atoms with Crippen LogP contribution in [0.5, 0.6) is 5.75 Å². The third-order valence-electron chi connectivity index (χ3n) is 4.99. The molecule has 5 heteroatoms. The van der Waals surface area contributed by atoms with E-state index >= 15 is 0 Å². The van der Waals surface area contributed by atoms with Crippen molar-refractivity contribution in [2.45, 2.75) is 39.2 Å². The number of nitrogens with one attached hydrogen (secondary N) is 1. The monoisotopic (exact) mass is 345 g/mol. The lowest BCUT2D eigenvalue weighted by Crippen LogP contribution is -2.49. The molecule has 1 saturated carbocycles. The highest BCUT2D eigenvalue weighted by molar-refractivity contribution is 5.78. The summed E-state index contributed by atoms with van der Waals surface area (Å²) in [5.74, 6) is 1.20. The molecule has 1 saturated heterocycles. The van der Waals surface area contributed by atoms with E-state index in [-0.39, 0.29) is 5.91 Å². The minimum Gasteiger partial charge on any atom is -0.493 e. The molecule has 0 aromatic heterocycles. The van der Waals surface area contributed by atoms with Crippen LogP contribution in [0.1, 0.15) is 30.4 Å². The molecule has 0 spiro atoms. The van der Waals surface area contributed by atoms with Crippen LogP contribution in [0.2, 0.25) is 0 Å². The molecule has 0 radical (unpaired) electrons. The van der Waals surface area contributed by atoms with E-state index in [0.717, 1.165) is 64.3 Å². The molecule has 1 amide bonds. The zero-order valence-electron chi connectivity index (χ0n) is 15.6. The predicted molar refractivity (Wildman–Crippen MR) is 100 cm³/mol. The molecule has 0 unspecified atom stereocenters. The zero-order valence-corrected chi connectivity index (χ0v) is 15.6. The molecular weight excluding hydrogens is 314 g/mol. The lowest BCUT2D eigenvalue weighted by atomic mass is 10.1. The van der Waals surface area contributed by atoms with Crippen molar-refractivity contribution in [1.82, 2.24) is 15.1 Å². The molecule has 1 aliphatic heterocycles. The van der Waals surface area contributed by atoms with E-state index in [0.29, 0.717) is 12.6 Å². The van der Waals surface area contributed by atoms with Gasteiger partial charge in [-0.2, -0.15) is 0 Å². The number of piperazine rings is 1. The number of nitrogens with zero attached hydrogens (tertiary/aromatic N) is 2. The van der Waals surface area contributed by atoms with Crippen LogP contribution in [0.15, 0.2) is 18.2 Å². The maximum atomic E-state index is 11.9. The molecule has 3 rings (SSSR count). The molecule has 2 aliphatic rings. The number of hydrogen-bond acceptors (Lipinski definition) is 4. The number of benzene rings is 1. The van der Waals surface area contributed by atoms with E-state index in [1.165, 1.54) is 11.1 Å². The Bertz CT molecular complexity index is 578. The Hall–Kier alpha value is -1.59. The van der Waals surface area contributed by atoms with E-state index in [1.807, 2.05) is 0 Å². The standard InChI is InChI=1S/C20H31N3O2/c1-16-4-5-17(2)19(14-16)25-13-3-8-22-9-11-23(12-10-22)15-20(24)21-18-6-7-18/h4-5,14,18H,3,6-13,15H2,1-2H3,(H,21,24). The van der Waals surface area contributed by atoms with Gasteiger partial charge in [0.25, 0.3) is 0 Å². The summed E-state index contributed by atoms with van der Waals surface area (Å²) in [7, 11) is 0. The first kappa shape index (κ1) is 18.2. The fraction of sp³-hybridized carbons (Fsp3) is 0.650. The van der Waals surface area contributed by atoms with Crippen molar-refractivity contribution in [1.29, 1.82) is 0 Å². The molecule has 1 N–H and O–H groups in total. The van der Waals surface area contributed by atoms with Crippen molar-refractivity contribution in [3.05, 3.63) is 29.3 Å². The summed E-state index contributed by atoms with van der Waals surface area (Å²) in [5.41, 5.74) is 2.44. The second kappa shape index (κ2) is 8.68. The Morgan fingerprint density at radius 3 is 2.60 bits per heavy atom. The second-order valence-electron chi connectivity index (χ2n) is 7.43. The summed E-state index contributed by atoms with van der Waals surface area (Å²) in [4.78, 5) is 16.6. The van der Waals surface area contributed by atoms with Gasteiger partial charge in [0.1, 0.15) is 5.75 Å². The first-order valence-corrected chi connectivity index (χ1v) is 9.54. The summed E-state index contributed by atoms with van der Waals surface area (Å²) in [6.07, 6.45) is 3.35. The molecule has 25 heavy (non-hydrogen) atoms. The highest BCUT2D eigenvalue weighted by Crippen LogP contribution is 2.19. The number of carbonyl (C=O) groups excluding carboxylic acids is 1. The minimum absolute atomic E-state index is 0.192. The number of aryl methyl sites for hydroxylation is 2. The highest BCUT2D eigenvalue weighted by Gasteiger charge is 2.25. The van der Waals surface area contributed by atoms with E-state index < -0.39 is 0 Å². The SMILES string of the molecule is Cc1ccc(C)c(OCCCN2CCN(CC(=O)NC3CC3)CC2)c1. The molecule has 0 atom stereocenters. The molecule has 1 aromatic carbocycles. The molecule has 0 bridgehead atoms.